The molecule has 122 valence electrons. The zero-order valence-electron chi connectivity index (χ0n) is 13.6. The topological polar surface area (TPSA) is 61.8 Å². The molecule has 1 aliphatic carbocycles. The predicted octanol–water partition coefficient (Wildman–Crippen LogP) is 2.28. The van der Waals surface area contributed by atoms with Crippen LogP contribution in [0.2, 0.25) is 0 Å². The molecule has 1 saturated heterocycles. The van der Waals surface area contributed by atoms with Gasteiger partial charge in [0.1, 0.15) is 5.60 Å². The lowest BCUT2D eigenvalue weighted by Crippen LogP contribution is -2.52. The second-order valence-corrected chi connectivity index (χ2v) is 7.44. The third kappa shape index (κ3) is 5.47. The van der Waals surface area contributed by atoms with E-state index in [0.29, 0.717) is 12.1 Å². The maximum absolute atomic E-state index is 12.1. The Bertz CT molecular complexity index is 346. The lowest BCUT2D eigenvalue weighted by molar-refractivity contribution is 0.0178. The summed E-state index contributed by atoms with van der Waals surface area (Å²) in [5.41, 5.74) is -0.434. The van der Waals surface area contributed by atoms with E-state index in [0.717, 1.165) is 51.6 Å². The van der Waals surface area contributed by atoms with Crippen LogP contribution < -0.4 is 5.32 Å². The van der Waals surface area contributed by atoms with E-state index >= 15 is 0 Å². The van der Waals surface area contributed by atoms with Gasteiger partial charge in [-0.2, -0.15) is 0 Å². The number of nitrogens with zero attached hydrogens (tertiary/aromatic N) is 1. The first kappa shape index (κ1) is 16.6. The number of amides is 1. The van der Waals surface area contributed by atoms with Gasteiger partial charge in [0.2, 0.25) is 0 Å². The fourth-order valence-electron chi connectivity index (χ4n) is 3.18. The second-order valence-electron chi connectivity index (χ2n) is 7.44. The number of hydrogen-bond acceptors (Lipinski definition) is 4. The van der Waals surface area contributed by atoms with Crippen LogP contribution in [0.3, 0.4) is 0 Å². The van der Waals surface area contributed by atoms with E-state index in [4.69, 9.17) is 4.74 Å². The molecule has 0 aromatic heterocycles. The molecule has 2 N–H and O–H groups in total. The highest BCUT2D eigenvalue weighted by Gasteiger charge is 2.29. The first-order chi connectivity index (χ1) is 9.83. The van der Waals surface area contributed by atoms with Crippen molar-refractivity contribution in [3.8, 4) is 0 Å². The van der Waals surface area contributed by atoms with Crippen LogP contribution in [0.5, 0.6) is 0 Å². The fourth-order valence-corrected chi connectivity index (χ4v) is 3.18. The number of aliphatic hydroxyl groups excluding tert-OH is 1. The van der Waals surface area contributed by atoms with Crippen LogP contribution in [0.15, 0.2) is 0 Å². The summed E-state index contributed by atoms with van der Waals surface area (Å²) < 4.78 is 5.46. The van der Waals surface area contributed by atoms with Crippen LogP contribution >= 0.6 is 0 Å². The van der Waals surface area contributed by atoms with Gasteiger partial charge in [0.25, 0.3) is 0 Å². The van der Waals surface area contributed by atoms with Crippen LogP contribution in [0.4, 0.5) is 4.79 Å². The zero-order valence-corrected chi connectivity index (χ0v) is 13.6. The summed E-state index contributed by atoms with van der Waals surface area (Å²) in [7, 11) is 0. The van der Waals surface area contributed by atoms with Gasteiger partial charge >= 0.3 is 6.09 Å². The van der Waals surface area contributed by atoms with Crippen molar-refractivity contribution in [2.75, 3.05) is 13.1 Å². The van der Waals surface area contributed by atoms with Crippen molar-refractivity contribution in [2.24, 2.45) is 0 Å². The number of carbonyl (C=O) groups excluding carboxylic acids is 1. The number of ether oxygens (including phenoxy) is 1. The van der Waals surface area contributed by atoms with Gasteiger partial charge in [0.15, 0.2) is 0 Å². The molecule has 5 nitrogen and oxygen atoms in total. The van der Waals surface area contributed by atoms with Gasteiger partial charge in [0.05, 0.1) is 6.10 Å². The number of piperidine rings is 1. The molecule has 0 radical (unpaired) electrons. The molecule has 0 bridgehead atoms. The standard InChI is InChI=1S/C16H30N2O3/c1-16(2,3)21-15(20)18-10-4-5-13(11-18)17-12-6-8-14(19)9-7-12/h12-14,17,19H,4-11H2,1-3H3. The molecule has 0 spiro atoms. The van der Waals surface area contributed by atoms with Gasteiger partial charge in [-0.1, -0.05) is 0 Å². The quantitative estimate of drug-likeness (QED) is 0.821. The van der Waals surface area contributed by atoms with Crippen molar-refractivity contribution < 1.29 is 14.6 Å². The Labute approximate surface area is 128 Å². The largest absolute Gasteiger partial charge is 0.444 e. The number of nitrogens with one attached hydrogen (secondary N) is 1. The average molecular weight is 298 g/mol. The smallest absolute Gasteiger partial charge is 0.410 e. The van der Waals surface area contributed by atoms with E-state index in [1.165, 1.54) is 0 Å². The van der Waals surface area contributed by atoms with Crippen LogP contribution in [0.25, 0.3) is 0 Å². The van der Waals surface area contributed by atoms with Crippen molar-refractivity contribution in [2.45, 2.75) is 83.1 Å². The summed E-state index contributed by atoms with van der Waals surface area (Å²) in [4.78, 5) is 14.0. The molecule has 1 unspecified atom stereocenters. The Morgan fingerprint density at radius 1 is 1.14 bits per heavy atom. The van der Waals surface area contributed by atoms with E-state index in [1.54, 1.807) is 0 Å². The van der Waals surface area contributed by atoms with Gasteiger partial charge in [-0.25, -0.2) is 4.79 Å². The highest BCUT2D eigenvalue weighted by atomic mass is 16.6. The molecule has 1 amide bonds. The summed E-state index contributed by atoms with van der Waals surface area (Å²) >= 11 is 0. The number of likely N-dealkylation sites (tertiary alicyclic amines) is 1. The maximum atomic E-state index is 12.1. The third-order valence-electron chi connectivity index (χ3n) is 4.24. The third-order valence-corrected chi connectivity index (χ3v) is 4.24. The van der Waals surface area contributed by atoms with Crippen LogP contribution in [0.1, 0.15) is 59.3 Å². The first-order valence-corrected chi connectivity index (χ1v) is 8.25. The second kappa shape index (κ2) is 6.97. The van der Waals surface area contributed by atoms with Gasteiger partial charge in [-0.3, -0.25) is 0 Å². The molecule has 2 fully saturated rings. The number of carbonyl (C=O) groups is 1. The average Bonchev–Trinajstić information content (AvgIpc) is 2.40. The van der Waals surface area contributed by atoms with Crippen molar-refractivity contribution in [3.63, 3.8) is 0 Å². The number of rotatable bonds is 2. The molecule has 1 atom stereocenters. The Hall–Kier alpha value is -0.810. The van der Waals surface area contributed by atoms with Gasteiger partial charge < -0.3 is 20.1 Å². The fraction of sp³-hybridized carbons (Fsp3) is 0.938. The summed E-state index contributed by atoms with van der Waals surface area (Å²) in [5, 5.41) is 13.2. The highest BCUT2D eigenvalue weighted by molar-refractivity contribution is 5.68. The summed E-state index contributed by atoms with van der Waals surface area (Å²) in [6, 6.07) is 0.837. The molecule has 2 aliphatic rings. The van der Waals surface area contributed by atoms with Gasteiger partial charge in [-0.05, 0) is 59.3 Å². The molecule has 0 aromatic carbocycles. The normalized spacial score (nSPS) is 31.0. The molecule has 21 heavy (non-hydrogen) atoms. The Morgan fingerprint density at radius 2 is 1.81 bits per heavy atom. The van der Waals surface area contributed by atoms with E-state index in [1.807, 2.05) is 25.7 Å². The van der Waals surface area contributed by atoms with Crippen LogP contribution in [-0.2, 0) is 4.74 Å². The Morgan fingerprint density at radius 3 is 2.43 bits per heavy atom. The minimum atomic E-state index is -0.434. The van der Waals surface area contributed by atoms with Gasteiger partial charge in [0, 0.05) is 25.2 Å². The zero-order chi connectivity index (χ0) is 15.5. The SMILES string of the molecule is CC(C)(C)OC(=O)N1CCCC(NC2CCC(O)CC2)C1. The summed E-state index contributed by atoms with van der Waals surface area (Å²) in [6.07, 6.45) is 5.65. The molecular weight excluding hydrogens is 268 g/mol. The first-order valence-electron chi connectivity index (χ1n) is 8.25. The molecule has 1 aliphatic heterocycles. The maximum Gasteiger partial charge on any atom is 0.410 e. The number of aliphatic hydroxyl groups is 1. The molecule has 2 rings (SSSR count). The lowest BCUT2D eigenvalue weighted by atomic mass is 9.92. The van der Waals surface area contributed by atoms with Crippen molar-refractivity contribution in [1.82, 2.24) is 10.2 Å². The predicted molar refractivity (Wildman–Crippen MR) is 82.2 cm³/mol. The van der Waals surface area contributed by atoms with Crippen molar-refractivity contribution in [1.29, 1.82) is 0 Å². The summed E-state index contributed by atoms with van der Waals surface area (Å²) in [6.45, 7) is 7.22. The minimum Gasteiger partial charge on any atom is -0.444 e. The highest BCUT2D eigenvalue weighted by Crippen LogP contribution is 2.21. The molecule has 1 saturated carbocycles. The summed E-state index contributed by atoms with van der Waals surface area (Å²) in [5.74, 6) is 0. The van der Waals surface area contributed by atoms with Crippen molar-refractivity contribution >= 4 is 6.09 Å². The lowest BCUT2D eigenvalue weighted by Gasteiger charge is -2.37. The minimum absolute atomic E-state index is 0.118. The molecule has 5 heteroatoms. The Balaban J connectivity index is 1.79. The molecular formula is C16H30N2O3. The van der Waals surface area contributed by atoms with Gasteiger partial charge in [-0.15, -0.1) is 0 Å². The van der Waals surface area contributed by atoms with Crippen LogP contribution in [-0.4, -0.2) is 53.0 Å². The van der Waals surface area contributed by atoms with Crippen LogP contribution in [0, 0.1) is 0 Å². The van der Waals surface area contributed by atoms with Crippen molar-refractivity contribution in [3.05, 3.63) is 0 Å². The Kier molecular flexibility index (Phi) is 5.49. The van der Waals surface area contributed by atoms with E-state index in [-0.39, 0.29) is 12.2 Å². The van der Waals surface area contributed by atoms with E-state index in [9.17, 15) is 9.90 Å². The molecule has 1 heterocycles. The monoisotopic (exact) mass is 298 g/mol. The van der Waals surface area contributed by atoms with E-state index < -0.39 is 5.60 Å². The van der Waals surface area contributed by atoms with E-state index in [2.05, 4.69) is 5.32 Å². The molecule has 0 aromatic rings. The number of hydrogen-bond donors (Lipinski definition) is 2.